The van der Waals surface area contributed by atoms with E-state index in [-0.39, 0.29) is 23.5 Å². The molecule has 0 N–H and O–H groups in total. The molecule has 1 atom stereocenters. The van der Waals surface area contributed by atoms with Gasteiger partial charge < -0.3 is 14.5 Å². The maximum absolute atomic E-state index is 12.9. The summed E-state index contributed by atoms with van der Waals surface area (Å²) in [6.07, 6.45) is 2.32. The molecule has 6 rings (SSSR count). The second-order valence-corrected chi connectivity index (χ2v) is 10.7. The predicted octanol–water partition coefficient (Wildman–Crippen LogP) is 3.23. The van der Waals surface area contributed by atoms with Crippen LogP contribution in [0.5, 0.6) is 0 Å². The van der Waals surface area contributed by atoms with E-state index in [0.29, 0.717) is 29.8 Å². The van der Waals surface area contributed by atoms with Crippen LogP contribution in [-0.4, -0.2) is 68.8 Å². The Morgan fingerprint density at radius 2 is 1.91 bits per heavy atom. The lowest BCUT2D eigenvalue weighted by molar-refractivity contribution is -0.146. The molecule has 2 saturated heterocycles. The molecule has 10 heteroatoms. The Morgan fingerprint density at radius 3 is 2.62 bits per heavy atom. The van der Waals surface area contributed by atoms with Crippen molar-refractivity contribution in [2.24, 2.45) is 11.3 Å². The SMILES string of the molecule is CC[C@H](C)OC(=O)N1Cc2cc(Cl)ccc2-n2c(nnc2N2CC3(CN(C(=O)C4CC4)C3)C2)C1. The van der Waals surface area contributed by atoms with E-state index in [1.807, 2.05) is 41.5 Å². The van der Waals surface area contributed by atoms with E-state index in [1.165, 1.54) is 0 Å². The van der Waals surface area contributed by atoms with E-state index in [2.05, 4.69) is 15.1 Å². The highest BCUT2D eigenvalue weighted by atomic mass is 35.5. The summed E-state index contributed by atoms with van der Waals surface area (Å²) in [6.45, 7) is 7.93. The number of amides is 2. The van der Waals surface area contributed by atoms with Crippen molar-refractivity contribution in [3.63, 3.8) is 0 Å². The zero-order chi connectivity index (χ0) is 23.6. The highest BCUT2D eigenvalue weighted by Gasteiger charge is 2.55. The van der Waals surface area contributed by atoms with Crippen LogP contribution in [0.25, 0.3) is 5.69 Å². The third-order valence-electron chi connectivity index (χ3n) is 7.45. The van der Waals surface area contributed by atoms with Crippen LogP contribution in [0.4, 0.5) is 10.7 Å². The van der Waals surface area contributed by atoms with Gasteiger partial charge in [0.05, 0.1) is 18.8 Å². The number of carbonyl (C=O) groups is 2. The molecule has 4 aliphatic rings. The van der Waals surface area contributed by atoms with Crippen molar-refractivity contribution < 1.29 is 14.3 Å². The van der Waals surface area contributed by atoms with Gasteiger partial charge in [0.2, 0.25) is 11.9 Å². The molecule has 4 heterocycles. The van der Waals surface area contributed by atoms with Crippen molar-refractivity contribution in [2.75, 3.05) is 31.1 Å². The van der Waals surface area contributed by atoms with E-state index in [9.17, 15) is 9.59 Å². The predicted molar refractivity (Wildman–Crippen MR) is 126 cm³/mol. The fourth-order valence-corrected chi connectivity index (χ4v) is 5.46. The summed E-state index contributed by atoms with van der Waals surface area (Å²) in [6, 6.07) is 5.71. The van der Waals surface area contributed by atoms with Crippen molar-refractivity contribution in [2.45, 2.75) is 52.3 Å². The number of ether oxygens (including phenoxy) is 1. The normalized spacial score (nSPS) is 21.2. The zero-order valence-electron chi connectivity index (χ0n) is 19.5. The molecule has 3 fully saturated rings. The summed E-state index contributed by atoms with van der Waals surface area (Å²) >= 11 is 6.32. The van der Waals surface area contributed by atoms with Crippen LogP contribution in [-0.2, 0) is 22.6 Å². The maximum Gasteiger partial charge on any atom is 0.410 e. The molecule has 2 amide bonds. The minimum Gasteiger partial charge on any atom is -0.446 e. The summed E-state index contributed by atoms with van der Waals surface area (Å²) < 4.78 is 7.64. The lowest BCUT2D eigenvalue weighted by Gasteiger charge is -2.60. The van der Waals surface area contributed by atoms with Crippen LogP contribution in [0.2, 0.25) is 5.02 Å². The Labute approximate surface area is 203 Å². The van der Waals surface area contributed by atoms with Crippen LogP contribution in [0.15, 0.2) is 18.2 Å². The zero-order valence-corrected chi connectivity index (χ0v) is 20.3. The number of hydrogen-bond donors (Lipinski definition) is 0. The molecule has 0 unspecified atom stereocenters. The van der Waals surface area contributed by atoms with Gasteiger partial charge in [-0.25, -0.2) is 4.79 Å². The number of fused-ring (bicyclic) bond motifs is 3. The first kappa shape index (κ1) is 21.7. The molecular formula is C24H29ClN6O3. The number of halogens is 1. The number of benzene rings is 1. The lowest BCUT2D eigenvalue weighted by Crippen LogP contribution is -2.73. The topological polar surface area (TPSA) is 83.8 Å². The number of hydrogen-bond acceptors (Lipinski definition) is 6. The Balaban J connectivity index is 1.24. The summed E-state index contributed by atoms with van der Waals surface area (Å²) in [5, 5.41) is 9.60. The van der Waals surface area contributed by atoms with Crippen LogP contribution in [0.1, 0.15) is 44.5 Å². The molecule has 0 bridgehead atoms. The number of aromatic nitrogens is 3. The minimum atomic E-state index is -0.365. The van der Waals surface area contributed by atoms with Crippen LogP contribution < -0.4 is 4.90 Å². The van der Waals surface area contributed by atoms with E-state index < -0.39 is 0 Å². The van der Waals surface area contributed by atoms with E-state index in [4.69, 9.17) is 16.3 Å². The fourth-order valence-electron chi connectivity index (χ4n) is 5.26. The van der Waals surface area contributed by atoms with Crippen molar-refractivity contribution >= 4 is 29.5 Å². The van der Waals surface area contributed by atoms with Crippen molar-refractivity contribution in [3.05, 3.63) is 34.6 Å². The average molecular weight is 485 g/mol. The molecule has 1 aromatic carbocycles. The van der Waals surface area contributed by atoms with Gasteiger partial charge in [-0.1, -0.05) is 18.5 Å². The molecule has 3 aliphatic heterocycles. The molecule has 1 spiro atoms. The van der Waals surface area contributed by atoms with Crippen molar-refractivity contribution in [1.82, 2.24) is 24.6 Å². The lowest BCUT2D eigenvalue weighted by atomic mass is 9.73. The smallest absolute Gasteiger partial charge is 0.410 e. The highest BCUT2D eigenvalue weighted by molar-refractivity contribution is 6.30. The molecule has 1 aromatic heterocycles. The van der Waals surface area contributed by atoms with E-state index in [0.717, 1.165) is 62.6 Å². The number of nitrogens with zero attached hydrogens (tertiary/aromatic N) is 6. The first-order valence-electron chi connectivity index (χ1n) is 12.1. The molecule has 1 saturated carbocycles. The van der Waals surface area contributed by atoms with Crippen molar-refractivity contribution in [3.8, 4) is 5.69 Å². The first-order chi connectivity index (χ1) is 16.4. The van der Waals surface area contributed by atoms with Gasteiger partial charge in [0.1, 0.15) is 6.10 Å². The summed E-state index contributed by atoms with van der Waals surface area (Å²) in [5.74, 6) is 2.07. The molecule has 9 nitrogen and oxygen atoms in total. The summed E-state index contributed by atoms with van der Waals surface area (Å²) in [7, 11) is 0. The molecule has 34 heavy (non-hydrogen) atoms. The summed E-state index contributed by atoms with van der Waals surface area (Å²) in [4.78, 5) is 31.1. The molecule has 180 valence electrons. The molecular weight excluding hydrogens is 456 g/mol. The fraction of sp³-hybridized carbons (Fsp3) is 0.583. The highest BCUT2D eigenvalue weighted by Crippen LogP contribution is 2.44. The van der Waals surface area contributed by atoms with E-state index >= 15 is 0 Å². The van der Waals surface area contributed by atoms with Gasteiger partial charge in [-0.15, -0.1) is 10.2 Å². The van der Waals surface area contributed by atoms with Gasteiger partial charge in [0, 0.05) is 42.5 Å². The second-order valence-electron chi connectivity index (χ2n) is 10.3. The van der Waals surface area contributed by atoms with Crippen LogP contribution in [0, 0.1) is 11.3 Å². The second kappa shape index (κ2) is 7.86. The van der Waals surface area contributed by atoms with Gasteiger partial charge in [-0.3, -0.25) is 14.3 Å². The van der Waals surface area contributed by atoms with Gasteiger partial charge in [-0.2, -0.15) is 0 Å². The molecule has 0 radical (unpaired) electrons. The average Bonchev–Trinajstić information content (AvgIpc) is 3.55. The standard InChI is InChI=1S/C24H29ClN6O3/c1-3-15(2)34-23(33)28-9-17-8-18(25)6-7-19(17)31-20(10-28)26-27-22(31)30-13-24(14-30)11-29(12-24)21(32)16-4-5-16/h6-8,15-16H,3-5,9-14H2,1-2H3/t15-/m0/s1. The molecule has 1 aliphatic carbocycles. The third-order valence-corrected chi connectivity index (χ3v) is 7.69. The number of anilines is 1. The number of carbonyl (C=O) groups excluding carboxylic acids is 2. The van der Waals surface area contributed by atoms with Crippen LogP contribution >= 0.6 is 11.6 Å². The number of likely N-dealkylation sites (tertiary alicyclic amines) is 1. The Kier molecular flexibility index (Phi) is 5.02. The Hall–Kier alpha value is -2.81. The van der Waals surface area contributed by atoms with Gasteiger partial charge in [-0.05, 0) is 49.9 Å². The maximum atomic E-state index is 12.9. The van der Waals surface area contributed by atoms with Crippen LogP contribution in [0.3, 0.4) is 0 Å². The van der Waals surface area contributed by atoms with Gasteiger partial charge in [0.25, 0.3) is 0 Å². The Bertz CT molecular complexity index is 1150. The Morgan fingerprint density at radius 1 is 1.15 bits per heavy atom. The van der Waals surface area contributed by atoms with Gasteiger partial charge in [0.15, 0.2) is 5.82 Å². The van der Waals surface area contributed by atoms with Gasteiger partial charge >= 0.3 is 6.09 Å². The van der Waals surface area contributed by atoms with E-state index in [1.54, 1.807) is 4.90 Å². The minimum absolute atomic E-state index is 0.158. The largest absolute Gasteiger partial charge is 0.446 e. The quantitative estimate of drug-likeness (QED) is 0.662. The number of rotatable bonds is 4. The monoisotopic (exact) mass is 484 g/mol. The first-order valence-corrected chi connectivity index (χ1v) is 12.5. The van der Waals surface area contributed by atoms with Crippen molar-refractivity contribution in [1.29, 1.82) is 0 Å². The summed E-state index contributed by atoms with van der Waals surface area (Å²) in [5.41, 5.74) is 2.02. The third kappa shape index (κ3) is 3.61. The molecule has 2 aromatic rings.